The molecule has 1 fully saturated rings. The minimum absolute atomic E-state index is 0.0338. The number of rotatable bonds is 5. The Morgan fingerprint density at radius 1 is 1.43 bits per heavy atom. The highest BCUT2D eigenvalue weighted by atomic mass is 32.2. The summed E-state index contributed by atoms with van der Waals surface area (Å²) in [6.45, 7) is 7.26. The molecular formula is C12H19N3O4S2. The van der Waals surface area contributed by atoms with Crippen molar-refractivity contribution in [2.75, 3.05) is 25.0 Å². The van der Waals surface area contributed by atoms with Gasteiger partial charge in [0, 0.05) is 25.7 Å². The molecule has 9 heteroatoms. The van der Waals surface area contributed by atoms with Crippen molar-refractivity contribution < 1.29 is 13.3 Å². The van der Waals surface area contributed by atoms with E-state index in [1.807, 2.05) is 13.8 Å². The normalized spacial score (nSPS) is 23.4. The first-order valence-corrected chi connectivity index (χ1v) is 9.05. The molecule has 1 aromatic heterocycles. The minimum atomic E-state index is -3.65. The molecule has 1 aromatic rings. The van der Waals surface area contributed by atoms with E-state index < -0.39 is 14.9 Å². The Balaban J connectivity index is 2.37. The van der Waals surface area contributed by atoms with Gasteiger partial charge in [0.2, 0.25) is 0 Å². The van der Waals surface area contributed by atoms with E-state index in [2.05, 4.69) is 5.32 Å². The van der Waals surface area contributed by atoms with E-state index in [-0.39, 0.29) is 9.90 Å². The number of nitro groups is 1. The van der Waals surface area contributed by atoms with Gasteiger partial charge in [-0.05, 0) is 18.8 Å². The molecule has 7 nitrogen and oxygen atoms in total. The lowest BCUT2D eigenvalue weighted by molar-refractivity contribution is -0.383. The number of nitrogens with zero attached hydrogens (tertiary/aromatic N) is 2. The summed E-state index contributed by atoms with van der Waals surface area (Å²) in [5.41, 5.74) is -0.180. The number of thiophene rings is 1. The second-order valence-corrected chi connectivity index (χ2v) is 8.56. The van der Waals surface area contributed by atoms with Crippen molar-refractivity contribution in [3.05, 3.63) is 16.2 Å². The van der Waals surface area contributed by atoms with E-state index in [0.29, 0.717) is 36.5 Å². The monoisotopic (exact) mass is 333 g/mol. The topological polar surface area (TPSA) is 92.6 Å². The molecule has 0 saturated carbocycles. The van der Waals surface area contributed by atoms with Crippen LogP contribution in [0.1, 0.15) is 20.8 Å². The summed E-state index contributed by atoms with van der Waals surface area (Å²) < 4.78 is 26.7. The number of hydrogen-bond acceptors (Lipinski definition) is 6. The molecule has 0 spiro atoms. The van der Waals surface area contributed by atoms with E-state index in [1.165, 1.54) is 4.31 Å². The third-order valence-corrected chi connectivity index (χ3v) is 7.14. The molecule has 1 N–H and O–H groups in total. The van der Waals surface area contributed by atoms with Crippen LogP contribution in [0.4, 0.5) is 10.7 Å². The minimum Gasteiger partial charge on any atom is -0.372 e. The van der Waals surface area contributed by atoms with Crippen LogP contribution in [-0.4, -0.2) is 37.3 Å². The zero-order valence-corrected chi connectivity index (χ0v) is 13.8. The van der Waals surface area contributed by atoms with Gasteiger partial charge in [-0.15, -0.1) is 0 Å². The molecule has 1 aliphatic rings. The van der Waals surface area contributed by atoms with Gasteiger partial charge in [-0.2, -0.15) is 4.31 Å². The Bertz CT molecular complexity index is 631. The molecule has 0 bridgehead atoms. The summed E-state index contributed by atoms with van der Waals surface area (Å²) in [7, 11) is -3.65. The first-order valence-electron chi connectivity index (χ1n) is 6.79. The molecule has 0 aliphatic carbocycles. The van der Waals surface area contributed by atoms with E-state index >= 15 is 0 Å². The summed E-state index contributed by atoms with van der Waals surface area (Å²) in [4.78, 5) is 10.5. The Hall–Kier alpha value is -1.19. The molecular weight excluding hydrogens is 314 g/mol. The molecule has 2 rings (SSSR count). The second kappa shape index (κ2) is 5.90. The number of sulfonamides is 1. The van der Waals surface area contributed by atoms with Crippen LogP contribution in [0.25, 0.3) is 0 Å². The first-order chi connectivity index (χ1) is 9.77. The smallest absolute Gasteiger partial charge is 0.304 e. The molecule has 2 unspecified atom stereocenters. The standard InChI is InChI=1S/C12H19N3O4S2/c1-4-13-12-10(15(16)17)5-11(20-12)21(18,19)14-6-8(2)9(3)7-14/h5,8-9,13H,4,6-7H2,1-3H3. The van der Waals surface area contributed by atoms with Gasteiger partial charge in [-0.3, -0.25) is 10.1 Å². The number of nitrogens with one attached hydrogen (secondary N) is 1. The average Bonchev–Trinajstić information content (AvgIpc) is 2.96. The molecule has 21 heavy (non-hydrogen) atoms. The molecule has 2 atom stereocenters. The van der Waals surface area contributed by atoms with Gasteiger partial charge < -0.3 is 5.32 Å². The van der Waals surface area contributed by atoms with Crippen LogP contribution in [0.5, 0.6) is 0 Å². The van der Waals surface area contributed by atoms with Crippen LogP contribution < -0.4 is 5.32 Å². The van der Waals surface area contributed by atoms with Crippen LogP contribution in [0.15, 0.2) is 10.3 Å². The highest BCUT2D eigenvalue weighted by Gasteiger charge is 2.37. The lowest BCUT2D eigenvalue weighted by atomic mass is 10.0. The summed E-state index contributed by atoms with van der Waals surface area (Å²) in [6.07, 6.45) is 0. The Morgan fingerprint density at radius 2 is 2.00 bits per heavy atom. The zero-order valence-electron chi connectivity index (χ0n) is 12.2. The molecule has 2 heterocycles. The number of hydrogen-bond donors (Lipinski definition) is 1. The molecule has 0 aromatic carbocycles. The van der Waals surface area contributed by atoms with E-state index in [9.17, 15) is 18.5 Å². The highest BCUT2D eigenvalue weighted by Crippen LogP contribution is 2.39. The Labute approximate surface area is 128 Å². The maximum atomic E-state index is 12.6. The van der Waals surface area contributed by atoms with Crippen molar-refractivity contribution in [1.82, 2.24) is 4.31 Å². The van der Waals surface area contributed by atoms with Crippen molar-refractivity contribution in [3.8, 4) is 0 Å². The second-order valence-electron chi connectivity index (χ2n) is 5.34. The van der Waals surface area contributed by atoms with Crippen LogP contribution >= 0.6 is 11.3 Å². The third-order valence-electron chi connectivity index (χ3n) is 3.77. The van der Waals surface area contributed by atoms with Gasteiger partial charge in [0.05, 0.1) is 4.92 Å². The maximum Gasteiger partial charge on any atom is 0.304 e. The predicted molar refractivity (Wildman–Crippen MR) is 82.2 cm³/mol. The summed E-state index contributed by atoms with van der Waals surface area (Å²) >= 11 is 0.926. The average molecular weight is 333 g/mol. The zero-order chi connectivity index (χ0) is 15.8. The van der Waals surface area contributed by atoms with Crippen molar-refractivity contribution in [2.45, 2.75) is 25.0 Å². The maximum absolute atomic E-state index is 12.6. The fourth-order valence-electron chi connectivity index (χ4n) is 2.31. The van der Waals surface area contributed by atoms with E-state index in [1.54, 1.807) is 6.92 Å². The predicted octanol–water partition coefficient (Wildman–Crippen LogP) is 2.36. The van der Waals surface area contributed by atoms with Crippen molar-refractivity contribution in [3.63, 3.8) is 0 Å². The molecule has 0 amide bonds. The summed E-state index contributed by atoms with van der Waals surface area (Å²) in [6, 6.07) is 1.16. The lowest BCUT2D eigenvalue weighted by Gasteiger charge is -2.14. The lowest BCUT2D eigenvalue weighted by Crippen LogP contribution is -2.28. The SMILES string of the molecule is CCNc1sc(S(=O)(=O)N2CC(C)C(C)C2)cc1[N+](=O)[O-]. The number of anilines is 1. The quantitative estimate of drug-likeness (QED) is 0.659. The fraction of sp³-hybridized carbons (Fsp3) is 0.667. The van der Waals surface area contributed by atoms with E-state index in [4.69, 9.17) is 0 Å². The summed E-state index contributed by atoms with van der Waals surface area (Å²) in [5.74, 6) is 0.589. The highest BCUT2D eigenvalue weighted by molar-refractivity contribution is 7.91. The Kier molecular flexibility index (Phi) is 4.54. The molecule has 0 radical (unpaired) electrons. The van der Waals surface area contributed by atoms with Gasteiger partial charge in [0.25, 0.3) is 10.0 Å². The van der Waals surface area contributed by atoms with Gasteiger partial charge in [-0.25, -0.2) is 8.42 Å². The fourth-order valence-corrected chi connectivity index (χ4v) is 5.50. The van der Waals surface area contributed by atoms with Gasteiger partial charge >= 0.3 is 5.69 Å². The van der Waals surface area contributed by atoms with Crippen molar-refractivity contribution in [2.24, 2.45) is 11.8 Å². The van der Waals surface area contributed by atoms with Crippen molar-refractivity contribution in [1.29, 1.82) is 0 Å². The van der Waals surface area contributed by atoms with Gasteiger partial charge in [-0.1, -0.05) is 25.2 Å². The third kappa shape index (κ3) is 3.04. The summed E-state index contributed by atoms with van der Waals surface area (Å²) in [5, 5.41) is 14.2. The largest absolute Gasteiger partial charge is 0.372 e. The van der Waals surface area contributed by atoms with E-state index in [0.717, 1.165) is 17.4 Å². The van der Waals surface area contributed by atoms with Crippen LogP contribution in [0.2, 0.25) is 0 Å². The Morgan fingerprint density at radius 3 is 2.48 bits per heavy atom. The molecule has 1 aliphatic heterocycles. The van der Waals surface area contributed by atoms with Gasteiger partial charge in [0.15, 0.2) is 5.00 Å². The van der Waals surface area contributed by atoms with Crippen LogP contribution in [0.3, 0.4) is 0 Å². The van der Waals surface area contributed by atoms with Gasteiger partial charge in [0.1, 0.15) is 4.21 Å². The first kappa shape index (κ1) is 16.2. The molecule has 1 saturated heterocycles. The van der Waals surface area contributed by atoms with Crippen LogP contribution in [0, 0.1) is 22.0 Å². The van der Waals surface area contributed by atoms with Crippen LogP contribution in [-0.2, 0) is 10.0 Å². The molecule has 118 valence electrons. The van der Waals surface area contributed by atoms with Crippen molar-refractivity contribution >= 4 is 32.0 Å².